The second-order valence-electron chi connectivity index (χ2n) is 3.10. The predicted molar refractivity (Wildman–Crippen MR) is 59.1 cm³/mol. The maximum Gasteiger partial charge on any atom is 0.405 e. The molecule has 0 aromatic heterocycles. The molecule has 17 heavy (non-hydrogen) atoms. The monoisotopic (exact) mass is 356 g/mol. The minimum atomic E-state index is -4.56. The molecule has 0 nitrogen and oxygen atoms in total. The summed E-state index contributed by atoms with van der Waals surface area (Å²) in [5.41, 5.74) is -0.990. The molecule has 1 rings (SSSR count). The van der Waals surface area contributed by atoms with Crippen molar-refractivity contribution in [1.82, 2.24) is 0 Å². The van der Waals surface area contributed by atoms with Crippen molar-refractivity contribution in [2.24, 2.45) is 0 Å². The summed E-state index contributed by atoms with van der Waals surface area (Å²) in [7, 11) is 0. The molecule has 0 fully saturated rings. The Kier molecular flexibility index (Phi) is 4.66. The van der Waals surface area contributed by atoms with Gasteiger partial charge in [0.05, 0.1) is 15.6 Å². The summed E-state index contributed by atoms with van der Waals surface area (Å²) in [6, 6.07) is 1.64. The normalized spacial score (nSPS) is 14.2. The van der Waals surface area contributed by atoms with Crippen molar-refractivity contribution >= 4 is 39.1 Å². The minimum Gasteiger partial charge on any atom is -0.205 e. The molecule has 0 aliphatic carbocycles. The zero-order chi connectivity index (χ0) is 13.4. The minimum absolute atomic E-state index is 0.322. The molecule has 1 aromatic rings. The van der Waals surface area contributed by atoms with Crippen LogP contribution in [-0.4, -0.2) is 6.18 Å². The van der Waals surface area contributed by atoms with Crippen LogP contribution in [0, 0.1) is 0 Å². The zero-order valence-electron chi connectivity index (χ0n) is 7.83. The fourth-order valence-corrected chi connectivity index (χ4v) is 2.08. The lowest BCUT2D eigenvalue weighted by Crippen LogP contribution is -2.15. The van der Waals surface area contributed by atoms with Crippen molar-refractivity contribution < 1.29 is 22.0 Å². The molecule has 96 valence electrons. The van der Waals surface area contributed by atoms with Crippen molar-refractivity contribution in [2.45, 2.75) is 17.4 Å². The lowest BCUT2D eigenvalue weighted by Gasteiger charge is -2.16. The smallest absolute Gasteiger partial charge is 0.205 e. The van der Waals surface area contributed by atoms with Crippen molar-refractivity contribution in [3.8, 4) is 0 Å². The first-order chi connectivity index (χ1) is 7.64. The summed E-state index contributed by atoms with van der Waals surface area (Å²) in [4.78, 5) is -2.00. The molecule has 0 bridgehead atoms. The summed E-state index contributed by atoms with van der Waals surface area (Å²) in [5, 5.41) is -0.979. The number of halogens is 8. The molecule has 0 heterocycles. The molecule has 0 amide bonds. The van der Waals surface area contributed by atoms with Crippen LogP contribution in [0.4, 0.5) is 22.0 Å². The highest BCUT2D eigenvalue weighted by molar-refractivity contribution is 9.09. The van der Waals surface area contributed by atoms with E-state index in [-0.39, 0.29) is 5.56 Å². The van der Waals surface area contributed by atoms with E-state index in [1.165, 1.54) is 0 Å². The van der Waals surface area contributed by atoms with Crippen LogP contribution in [0.1, 0.15) is 22.4 Å². The fourth-order valence-electron chi connectivity index (χ4n) is 1.15. The Labute approximate surface area is 112 Å². The van der Waals surface area contributed by atoms with Gasteiger partial charge in [-0.05, 0) is 17.7 Å². The summed E-state index contributed by atoms with van der Waals surface area (Å²) < 4.78 is 62.0. The van der Waals surface area contributed by atoms with Crippen molar-refractivity contribution in [1.29, 1.82) is 0 Å². The molecule has 8 heteroatoms. The summed E-state index contributed by atoms with van der Waals surface area (Å²) in [5.74, 6) is 0. The van der Waals surface area contributed by atoms with Crippen LogP contribution in [-0.2, 0) is 0 Å². The highest BCUT2D eigenvalue weighted by Crippen LogP contribution is 2.43. The van der Waals surface area contributed by atoms with Gasteiger partial charge >= 0.3 is 6.18 Å². The van der Waals surface area contributed by atoms with E-state index in [9.17, 15) is 22.0 Å². The second kappa shape index (κ2) is 5.28. The van der Waals surface area contributed by atoms with Gasteiger partial charge in [0.15, 0.2) is 0 Å². The van der Waals surface area contributed by atoms with Crippen LogP contribution in [0.2, 0.25) is 10.0 Å². The summed E-state index contributed by atoms with van der Waals surface area (Å²) >= 11 is 13.3. The average molecular weight is 358 g/mol. The van der Waals surface area contributed by atoms with E-state index in [1.54, 1.807) is 0 Å². The van der Waals surface area contributed by atoms with Crippen LogP contribution < -0.4 is 0 Å². The number of hydrogen-bond donors (Lipinski definition) is 0. The molecule has 1 atom stereocenters. The molecule has 1 unspecified atom stereocenters. The highest BCUT2D eigenvalue weighted by Gasteiger charge is 2.39. The lowest BCUT2D eigenvalue weighted by atomic mass is 10.1. The van der Waals surface area contributed by atoms with Crippen molar-refractivity contribution in [3.05, 3.63) is 33.3 Å². The van der Waals surface area contributed by atoms with E-state index in [2.05, 4.69) is 15.9 Å². The average Bonchev–Trinajstić information content (AvgIpc) is 2.13. The quantitative estimate of drug-likeness (QED) is 0.454. The van der Waals surface area contributed by atoms with Gasteiger partial charge in [-0.15, -0.1) is 0 Å². The lowest BCUT2D eigenvalue weighted by molar-refractivity contribution is -0.128. The molecule has 0 aliphatic rings. The maximum absolute atomic E-state index is 12.5. The highest BCUT2D eigenvalue weighted by atomic mass is 79.9. The molecule has 0 saturated carbocycles. The Morgan fingerprint density at radius 1 is 1.06 bits per heavy atom. The van der Waals surface area contributed by atoms with Gasteiger partial charge in [0.2, 0.25) is 0 Å². The van der Waals surface area contributed by atoms with Gasteiger partial charge in [-0.25, -0.2) is 8.78 Å². The SMILES string of the molecule is FC(F)c1c(Cl)cc(C(Br)C(F)(F)F)cc1Cl. The summed E-state index contributed by atoms with van der Waals surface area (Å²) in [6.45, 7) is 0. The Morgan fingerprint density at radius 2 is 1.47 bits per heavy atom. The predicted octanol–water partition coefficient (Wildman–Crippen LogP) is 5.93. The molecule has 1 aromatic carbocycles. The first-order valence-electron chi connectivity index (χ1n) is 4.12. The van der Waals surface area contributed by atoms with E-state index in [0.29, 0.717) is 0 Å². The van der Waals surface area contributed by atoms with Crippen molar-refractivity contribution in [2.75, 3.05) is 0 Å². The Morgan fingerprint density at radius 3 is 1.76 bits per heavy atom. The summed E-state index contributed by atoms with van der Waals surface area (Å²) in [6.07, 6.45) is -7.50. The van der Waals surface area contributed by atoms with Gasteiger partial charge in [0.25, 0.3) is 6.43 Å². The third kappa shape index (κ3) is 3.45. The number of hydrogen-bond acceptors (Lipinski definition) is 0. The first kappa shape index (κ1) is 15.0. The van der Waals surface area contributed by atoms with Crippen LogP contribution >= 0.6 is 39.1 Å². The zero-order valence-corrected chi connectivity index (χ0v) is 10.9. The van der Waals surface area contributed by atoms with E-state index in [0.717, 1.165) is 12.1 Å². The molecule has 0 saturated heterocycles. The third-order valence-electron chi connectivity index (χ3n) is 1.90. The van der Waals surface area contributed by atoms with Crippen LogP contribution in [0.25, 0.3) is 0 Å². The van der Waals surface area contributed by atoms with E-state index in [4.69, 9.17) is 23.2 Å². The van der Waals surface area contributed by atoms with Gasteiger partial charge in [0, 0.05) is 0 Å². The Bertz CT molecular complexity index is 395. The topological polar surface area (TPSA) is 0 Å². The van der Waals surface area contributed by atoms with Gasteiger partial charge < -0.3 is 0 Å². The van der Waals surface area contributed by atoms with Gasteiger partial charge in [-0.2, -0.15) is 13.2 Å². The molecular formula is C9H4BrCl2F5. The molecule has 0 aliphatic heterocycles. The van der Waals surface area contributed by atoms with Crippen LogP contribution in [0.3, 0.4) is 0 Å². The van der Waals surface area contributed by atoms with Crippen molar-refractivity contribution in [3.63, 3.8) is 0 Å². The molecular weight excluding hydrogens is 354 g/mol. The van der Waals surface area contributed by atoms with Gasteiger partial charge in [-0.1, -0.05) is 39.1 Å². The Balaban J connectivity index is 3.24. The van der Waals surface area contributed by atoms with E-state index < -0.39 is 33.0 Å². The molecule has 0 radical (unpaired) electrons. The van der Waals surface area contributed by atoms with E-state index in [1.807, 2.05) is 0 Å². The van der Waals surface area contributed by atoms with Crippen LogP contribution in [0.5, 0.6) is 0 Å². The largest absolute Gasteiger partial charge is 0.405 e. The van der Waals surface area contributed by atoms with Gasteiger partial charge in [-0.3, -0.25) is 0 Å². The van der Waals surface area contributed by atoms with E-state index >= 15 is 0 Å². The number of rotatable bonds is 2. The second-order valence-corrected chi connectivity index (χ2v) is 4.83. The fraction of sp³-hybridized carbons (Fsp3) is 0.333. The molecule has 0 N–H and O–H groups in total. The van der Waals surface area contributed by atoms with Gasteiger partial charge in [0.1, 0.15) is 4.83 Å². The Hall–Kier alpha value is -0.0700. The molecule has 0 spiro atoms. The first-order valence-corrected chi connectivity index (χ1v) is 5.79. The third-order valence-corrected chi connectivity index (χ3v) is 3.57. The standard InChI is InChI=1S/C9H4BrCl2F5/c10-7(9(15,16)17)3-1-4(11)6(8(13)14)5(12)2-3/h1-2,7-8H. The maximum atomic E-state index is 12.5. The van der Waals surface area contributed by atoms with Crippen LogP contribution in [0.15, 0.2) is 12.1 Å². The number of alkyl halides is 6. The number of benzene rings is 1.